The first kappa shape index (κ1) is 18.9. The molecule has 1 fully saturated rings. The molecule has 0 N–H and O–H groups in total. The van der Waals surface area contributed by atoms with Crippen LogP contribution in [0.2, 0.25) is 0 Å². The molecule has 140 valence electrons. The molecule has 0 bridgehead atoms. The molecule has 0 aliphatic carbocycles. The molecule has 0 amide bonds. The van der Waals surface area contributed by atoms with Gasteiger partial charge in [-0.1, -0.05) is 31.2 Å². The summed E-state index contributed by atoms with van der Waals surface area (Å²) in [6.45, 7) is 2.11. The molecule has 0 saturated carbocycles. The van der Waals surface area contributed by atoms with E-state index in [1.807, 2.05) is 30.3 Å². The summed E-state index contributed by atoms with van der Waals surface area (Å²) < 4.78 is 57.0. The number of hydrogen-bond acceptors (Lipinski definition) is 5. The Hall–Kier alpha value is -1.90. The van der Waals surface area contributed by atoms with Crippen molar-refractivity contribution in [3.05, 3.63) is 54.6 Å². The van der Waals surface area contributed by atoms with E-state index in [2.05, 4.69) is 0 Å². The normalized spacial score (nSPS) is 18.7. The Morgan fingerprint density at radius 2 is 1.69 bits per heavy atom. The van der Waals surface area contributed by atoms with Crippen molar-refractivity contribution in [1.82, 2.24) is 4.31 Å². The number of sulfonamides is 1. The zero-order valence-electron chi connectivity index (χ0n) is 14.4. The number of sulfone groups is 1. The van der Waals surface area contributed by atoms with E-state index in [4.69, 9.17) is 4.74 Å². The van der Waals surface area contributed by atoms with Gasteiger partial charge < -0.3 is 4.74 Å². The van der Waals surface area contributed by atoms with Crippen molar-refractivity contribution >= 4 is 19.9 Å². The van der Waals surface area contributed by atoms with Crippen LogP contribution < -0.4 is 4.74 Å². The summed E-state index contributed by atoms with van der Waals surface area (Å²) in [7, 11) is -7.23. The molecule has 1 aliphatic heterocycles. The van der Waals surface area contributed by atoms with Gasteiger partial charge in [0, 0.05) is 6.54 Å². The number of rotatable bonds is 6. The fraction of sp³-hybridized carbons (Fsp3) is 0.333. The van der Waals surface area contributed by atoms with Crippen molar-refractivity contribution in [2.45, 2.75) is 29.2 Å². The summed E-state index contributed by atoms with van der Waals surface area (Å²) in [4.78, 5) is 0.0183. The zero-order chi connectivity index (χ0) is 18.8. The van der Waals surface area contributed by atoms with Crippen LogP contribution in [0.3, 0.4) is 0 Å². The Morgan fingerprint density at radius 1 is 1.00 bits per heavy atom. The number of hydrogen-bond donors (Lipinski definition) is 0. The highest BCUT2D eigenvalue weighted by Gasteiger charge is 2.34. The molecule has 0 aromatic heterocycles. The molecular formula is C18H21NO5S2. The van der Waals surface area contributed by atoms with Gasteiger partial charge in [0.25, 0.3) is 0 Å². The molecule has 0 radical (unpaired) electrons. The second-order valence-electron chi connectivity index (χ2n) is 6.08. The van der Waals surface area contributed by atoms with Crippen molar-refractivity contribution in [2.24, 2.45) is 0 Å². The lowest BCUT2D eigenvalue weighted by Crippen LogP contribution is -2.31. The standard InChI is InChI=1S/C18H21NO5S2/c1-2-25(20,21)17-9-6-10-18(13-17)26(22,23)19-12-11-16(14-19)24-15-7-4-3-5-8-15/h3-10,13,16H,2,11-12,14H2,1H3/t16-/m1/s1. The molecule has 26 heavy (non-hydrogen) atoms. The third kappa shape index (κ3) is 3.92. The summed E-state index contributed by atoms with van der Waals surface area (Å²) >= 11 is 0. The minimum absolute atomic E-state index is 0.00705. The fourth-order valence-corrected chi connectivity index (χ4v) is 5.38. The van der Waals surface area contributed by atoms with Crippen LogP contribution in [-0.4, -0.2) is 46.1 Å². The van der Waals surface area contributed by atoms with Crippen LogP contribution in [0.25, 0.3) is 0 Å². The van der Waals surface area contributed by atoms with Crippen LogP contribution >= 0.6 is 0 Å². The second kappa shape index (κ2) is 7.38. The molecule has 0 unspecified atom stereocenters. The van der Waals surface area contributed by atoms with Crippen molar-refractivity contribution in [1.29, 1.82) is 0 Å². The van der Waals surface area contributed by atoms with Gasteiger partial charge in [-0.05, 0) is 36.8 Å². The molecule has 1 aliphatic rings. The van der Waals surface area contributed by atoms with Crippen molar-refractivity contribution in [3.8, 4) is 5.75 Å². The molecule has 6 nitrogen and oxygen atoms in total. The van der Waals surface area contributed by atoms with Crippen molar-refractivity contribution in [2.75, 3.05) is 18.8 Å². The molecule has 0 spiro atoms. The topological polar surface area (TPSA) is 80.8 Å². The lowest BCUT2D eigenvalue weighted by molar-refractivity contribution is 0.215. The Bertz CT molecular complexity index is 972. The fourth-order valence-electron chi connectivity index (χ4n) is 2.85. The Labute approximate surface area is 154 Å². The first-order valence-electron chi connectivity index (χ1n) is 8.37. The maximum atomic E-state index is 12.9. The Kier molecular flexibility index (Phi) is 5.36. The summed E-state index contributed by atoms with van der Waals surface area (Å²) in [6, 6.07) is 14.8. The van der Waals surface area contributed by atoms with Gasteiger partial charge in [0.2, 0.25) is 10.0 Å². The van der Waals surface area contributed by atoms with Gasteiger partial charge in [-0.2, -0.15) is 4.31 Å². The maximum absolute atomic E-state index is 12.9. The van der Waals surface area contributed by atoms with E-state index < -0.39 is 19.9 Å². The van der Waals surface area contributed by atoms with Crippen LogP contribution in [0, 0.1) is 0 Å². The molecule has 8 heteroatoms. The molecule has 2 aromatic carbocycles. The lowest BCUT2D eigenvalue weighted by atomic mass is 10.3. The smallest absolute Gasteiger partial charge is 0.243 e. The highest BCUT2D eigenvalue weighted by atomic mass is 32.2. The third-order valence-electron chi connectivity index (χ3n) is 4.34. The third-order valence-corrected chi connectivity index (χ3v) is 7.93. The highest BCUT2D eigenvalue weighted by molar-refractivity contribution is 7.91. The van der Waals surface area contributed by atoms with Gasteiger partial charge >= 0.3 is 0 Å². The number of benzene rings is 2. The summed E-state index contributed by atoms with van der Waals surface area (Å²) in [5, 5.41) is 0. The lowest BCUT2D eigenvalue weighted by Gasteiger charge is -2.18. The largest absolute Gasteiger partial charge is 0.489 e. The van der Waals surface area contributed by atoms with E-state index >= 15 is 0 Å². The molecule has 1 saturated heterocycles. The van der Waals surface area contributed by atoms with Gasteiger partial charge in [-0.25, -0.2) is 16.8 Å². The second-order valence-corrected chi connectivity index (χ2v) is 10.3. The van der Waals surface area contributed by atoms with E-state index in [0.717, 1.165) is 0 Å². The van der Waals surface area contributed by atoms with Crippen LogP contribution in [0.1, 0.15) is 13.3 Å². The van der Waals surface area contributed by atoms with Crippen LogP contribution in [0.15, 0.2) is 64.4 Å². The summed E-state index contributed by atoms with van der Waals surface area (Å²) in [5.74, 6) is 0.625. The summed E-state index contributed by atoms with van der Waals surface area (Å²) in [6.07, 6.45) is 0.357. The van der Waals surface area contributed by atoms with Gasteiger partial charge in [-0.3, -0.25) is 0 Å². The first-order valence-corrected chi connectivity index (χ1v) is 11.5. The SMILES string of the molecule is CCS(=O)(=O)c1cccc(S(=O)(=O)N2CC[C@@H](Oc3ccccc3)C2)c1. The molecular weight excluding hydrogens is 374 g/mol. The number of para-hydroxylation sites is 1. The quantitative estimate of drug-likeness (QED) is 0.750. The van der Waals surface area contributed by atoms with Crippen LogP contribution in [-0.2, 0) is 19.9 Å². The average molecular weight is 396 g/mol. The van der Waals surface area contributed by atoms with E-state index in [0.29, 0.717) is 18.7 Å². The highest BCUT2D eigenvalue weighted by Crippen LogP contribution is 2.25. The molecule has 3 rings (SSSR count). The van der Waals surface area contributed by atoms with Gasteiger partial charge in [0.15, 0.2) is 9.84 Å². The van der Waals surface area contributed by atoms with Crippen molar-refractivity contribution in [3.63, 3.8) is 0 Å². The average Bonchev–Trinajstić information content (AvgIpc) is 3.12. The molecule has 2 aromatic rings. The zero-order valence-corrected chi connectivity index (χ0v) is 16.0. The summed E-state index contributed by atoms with van der Waals surface area (Å²) in [5.41, 5.74) is 0. The van der Waals surface area contributed by atoms with E-state index in [-0.39, 0.29) is 28.2 Å². The van der Waals surface area contributed by atoms with Gasteiger partial charge in [0.1, 0.15) is 11.9 Å². The van der Waals surface area contributed by atoms with Crippen molar-refractivity contribution < 1.29 is 21.6 Å². The first-order chi connectivity index (χ1) is 12.3. The van der Waals surface area contributed by atoms with E-state index in [9.17, 15) is 16.8 Å². The van der Waals surface area contributed by atoms with Crippen LogP contribution in [0.5, 0.6) is 5.75 Å². The number of nitrogens with zero attached hydrogens (tertiary/aromatic N) is 1. The van der Waals surface area contributed by atoms with Gasteiger partial charge in [0.05, 0.1) is 22.1 Å². The Morgan fingerprint density at radius 3 is 2.38 bits per heavy atom. The monoisotopic (exact) mass is 395 g/mol. The predicted octanol–water partition coefficient (Wildman–Crippen LogP) is 2.32. The minimum atomic E-state index is -3.77. The number of ether oxygens (including phenoxy) is 1. The predicted molar refractivity (Wildman–Crippen MR) is 98.4 cm³/mol. The molecule has 1 heterocycles. The maximum Gasteiger partial charge on any atom is 0.243 e. The van der Waals surface area contributed by atoms with Crippen LogP contribution in [0.4, 0.5) is 0 Å². The van der Waals surface area contributed by atoms with E-state index in [1.54, 1.807) is 0 Å². The molecule has 1 atom stereocenters. The Balaban J connectivity index is 1.78. The minimum Gasteiger partial charge on any atom is -0.489 e. The van der Waals surface area contributed by atoms with Gasteiger partial charge in [-0.15, -0.1) is 0 Å². The van der Waals surface area contributed by atoms with E-state index in [1.165, 1.54) is 35.5 Å².